The number of halogens is 4. The van der Waals surface area contributed by atoms with E-state index in [-0.39, 0.29) is 23.6 Å². The summed E-state index contributed by atoms with van der Waals surface area (Å²) in [6.45, 7) is -0.136. The van der Waals surface area contributed by atoms with Crippen molar-refractivity contribution in [3.63, 3.8) is 0 Å². The van der Waals surface area contributed by atoms with Crippen LogP contribution < -0.4 is 5.32 Å². The standard InChI is InChI=1S/C14H11F4N5O/c15-9-4-2-1-3-8(9)10(24)7-19-11-5-6-12-20-21-13(14(16,17)18)23(12)22-11/h1-6,10,24H,7H2,(H,19,22)/t10-/m0/s1. The molecule has 0 spiro atoms. The molecule has 3 rings (SSSR count). The molecule has 2 aromatic heterocycles. The van der Waals surface area contributed by atoms with Gasteiger partial charge in [0.25, 0.3) is 5.82 Å². The zero-order valence-corrected chi connectivity index (χ0v) is 12.0. The second-order valence-corrected chi connectivity index (χ2v) is 4.93. The molecule has 0 saturated carbocycles. The molecule has 126 valence electrons. The number of rotatable bonds is 4. The number of aliphatic hydroxyl groups excluding tert-OH is 1. The van der Waals surface area contributed by atoms with Crippen molar-refractivity contribution in [3.8, 4) is 0 Å². The molecule has 1 aromatic carbocycles. The highest BCUT2D eigenvalue weighted by Gasteiger charge is 2.37. The van der Waals surface area contributed by atoms with Crippen molar-refractivity contribution in [1.82, 2.24) is 19.8 Å². The van der Waals surface area contributed by atoms with Crippen LogP contribution in [-0.4, -0.2) is 31.5 Å². The molecule has 0 bridgehead atoms. The first kappa shape index (κ1) is 16.1. The van der Waals surface area contributed by atoms with Gasteiger partial charge in [-0.3, -0.25) is 0 Å². The lowest BCUT2D eigenvalue weighted by molar-refractivity contribution is -0.146. The molecule has 0 aliphatic rings. The second kappa shape index (κ2) is 6.04. The topological polar surface area (TPSA) is 75.3 Å². The molecule has 3 aromatic rings. The highest BCUT2D eigenvalue weighted by atomic mass is 19.4. The number of alkyl halides is 3. The summed E-state index contributed by atoms with van der Waals surface area (Å²) in [5.74, 6) is -1.77. The van der Waals surface area contributed by atoms with Gasteiger partial charge in [0.05, 0.1) is 6.10 Å². The van der Waals surface area contributed by atoms with E-state index in [1.165, 1.54) is 30.3 Å². The molecule has 2 N–H and O–H groups in total. The molecule has 10 heteroatoms. The van der Waals surface area contributed by atoms with Crippen LogP contribution in [0.15, 0.2) is 36.4 Å². The fourth-order valence-corrected chi connectivity index (χ4v) is 2.12. The summed E-state index contributed by atoms with van der Waals surface area (Å²) in [4.78, 5) is 0. The summed E-state index contributed by atoms with van der Waals surface area (Å²) in [6.07, 6.45) is -5.88. The predicted molar refractivity (Wildman–Crippen MR) is 75.6 cm³/mol. The van der Waals surface area contributed by atoms with E-state index in [1.54, 1.807) is 6.07 Å². The molecule has 0 amide bonds. The Hall–Kier alpha value is -2.75. The quantitative estimate of drug-likeness (QED) is 0.713. The Balaban J connectivity index is 1.79. The molecule has 0 radical (unpaired) electrons. The van der Waals surface area contributed by atoms with E-state index >= 15 is 0 Å². The van der Waals surface area contributed by atoms with E-state index in [2.05, 4.69) is 20.6 Å². The van der Waals surface area contributed by atoms with E-state index in [1.807, 2.05) is 0 Å². The summed E-state index contributed by atoms with van der Waals surface area (Å²) in [6, 6.07) is 8.36. The SMILES string of the molecule is O[C@@H](CNc1ccc2nnc(C(F)(F)F)n2n1)c1ccccc1F. The van der Waals surface area contributed by atoms with Crippen molar-refractivity contribution in [2.45, 2.75) is 12.3 Å². The molecule has 0 aliphatic heterocycles. The third-order valence-corrected chi connectivity index (χ3v) is 3.26. The maximum absolute atomic E-state index is 13.6. The van der Waals surface area contributed by atoms with Gasteiger partial charge in [0.2, 0.25) is 0 Å². The fourth-order valence-electron chi connectivity index (χ4n) is 2.12. The Morgan fingerprint density at radius 2 is 1.88 bits per heavy atom. The third-order valence-electron chi connectivity index (χ3n) is 3.26. The number of benzene rings is 1. The van der Waals surface area contributed by atoms with Gasteiger partial charge < -0.3 is 10.4 Å². The van der Waals surface area contributed by atoms with Gasteiger partial charge in [0.15, 0.2) is 5.65 Å². The van der Waals surface area contributed by atoms with Crippen LogP contribution in [-0.2, 0) is 6.18 Å². The van der Waals surface area contributed by atoms with Crippen molar-refractivity contribution in [3.05, 3.63) is 53.6 Å². The number of aliphatic hydroxyl groups is 1. The zero-order valence-electron chi connectivity index (χ0n) is 12.0. The van der Waals surface area contributed by atoms with Crippen LogP contribution in [0.25, 0.3) is 5.65 Å². The minimum Gasteiger partial charge on any atom is -0.386 e. The number of nitrogens with zero attached hydrogens (tertiary/aromatic N) is 4. The lowest BCUT2D eigenvalue weighted by atomic mass is 10.1. The summed E-state index contributed by atoms with van der Waals surface area (Å²) in [5, 5.41) is 22.8. The highest BCUT2D eigenvalue weighted by Crippen LogP contribution is 2.27. The summed E-state index contributed by atoms with van der Waals surface area (Å²) < 4.78 is 52.5. The first-order valence-electron chi connectivity index (χ1n) is 6.82. The maximum Gasteiger partial charge on any atom is 0.453 e. The van der Waals surface area contributed by atoms with Gasteiger partial charge in [-0.1, -0.05) is 18.2 Å². The van der Waals surface area contributed by atoms with Crippen molar-refractivity contribution in [2.75, 3.05) is 11.9 Å². The van der Waals surface area contributed by atoms with Crippen LogP contribution in [0, 0.1) is 5.82 Å². The van der Waals surface area contributed by atoms with Gasteiger partial charge >= 0.3 is 6.18 Å². The Morgan fingerprint density at radius 1 is 1.12 bits per heavy atom. The molecule has 24 heavy (non-hydrogen) atoms. The van der Waals surface area contributed by atoms with Crippen molar-refractivity contribution in [2.24, 2.45) is 0 Å². The van der Waals surface area contributed by atoms with E-state index in [9.17, 15) is 22.7 Å². The molecular weight excluding hydrogens is 330 g/mol. The van der Waals surface area contributed by atoms with Crippen LogP contribution in [0.5, 0.6) is 0 Å². The number of fused-ring (bicyclic) bond motifs is 1. The fraction of sp³-hybridized carbons (Fsp3) is 0.214. The van der Waals surface area contributed by atoms with Crippen molar-refractivity contribution in [1.29, 1.82) is 0 Å². The second-order valence-electron chi connectivity index (χ2n) is 4.93. The number of aromatic nitrogens is 4. The van der Waals surface area contributed by atoms with Crippen LogP contribution in [0.3, 0.4) is 0 Å². The number of hydrogen-bond acceptors (Lipinski definition) is 5. The van der Waals surface area contributed by atoms with Gasteiger partial charge in [-0.05, 0) is 18.2 Å². The predicted octanol–water partition coefficient (Wildman–Crippen LogP) is 2.43. The lowest BCUT2D eigenvalue weighted by Crippen LogP contribution is -2.16. The van der Waals surface area contributed by atoms with E-state index in [0.29, 0.717) is 4.52 Å². The van der Waals surface area contributed by atoms with E-state index < -0.39 is 23.9 Å². The summed E-state index contributed by atoms with van der Waals surface area (Å²) in [7, 11) is 0. The van der Waals surface area contributed by atoms with Gasteiger partial charge in [-0.25, -0.2) is 4.39 Å². The van der Waals surface area contributed by atoms with Crippen LogP contribution >= 0.6 is 0 Å². The molecule has 0 saturated heterocycles. The molecular formula is C14H11F4N5O. The number of hydrogen-bond donors (Lipinski definition) is 2. The average Bonchev–Trinajstić information content (AvgIpc) is 2.96. The Morgan fingerprint density at radius 3 is 2.58 bits per heavy atom. The van der Waals surface area contributed by atoms with Crippen molar-refractivity contribution < 1.29 is 22.7 Å². The molecule has 0 fully saturated rings. The molecule has 2 heterocycles. The van der Waals surface area contributed by atoms with Gasteiger partial charge in [0.1, 0.15) is 11.6 Å². The molecule has 6 nitrogen and oxygen atoms in total. The maximum atomic E-state index is 13.6. The average molecular weight is 341 g/mol. The Labute approximate surface area is 132 Å². The molecule has 0 unspecified atom stereocenters. The van der Waals surface area contributed by atoms with Gasteiger partial charge in [-0.2, -0.15) is 17.7 Å². The first-order valence-corrected chi connectivity index (χ1v) is 6.82. The van der Waals surface area contributed by atoms with E-state index in [4.69, 9.17) is 0 Å². The highest BCUT2D eigenvalue weighted by molar-refractivity contribution is 5.44. The number of nitrogens with one attached hydrogen (secondary N) is 1. The van der Waals surface area contributed by atoms with E-state index in [0.717, 1.165) is 0 Å². The first-order chi connectivity index (χ1) is 11.4. The largest absolute Gasteiger partial charge is 0.453 e. The molecule has 0 aliphatic carbocycles. The minimum absolute atomic E-state index is 0.0585. The Bertz CT molecular complexity index is 864. The third kappa shape index (κ3) is 3.13. The monoisotopic (exact) mass is 341 g/mol. The summed E-state index contributed by atoms with van der Waals surface area (Å²) in [5.41, 5.74) is 0.00823. The molecule has 1 atom stereocenters. The van der Waals surface area contributed by atoms with Crippen LogP contribution in [0.4, 0.5) is 23.4 Å². The normalized spacial score (nSPS) is 13.2. The minimum atomic E-state index is -4.70. The lowest BCUT2D eigenvalue weighted by Gasteiger charge is -2.13. The van der Waals surface area contributed by atoms with Crippen LogP contribution in [0.2, 0.25) is 0 Å². The zero-order chi connectivity index (χ0) is 17.3. The smallest absolute Gasteiger partial charge is 0.386 e. The number of anilines is 1. The van der Waals surface area contributed by atoms with Gasteiger partial charge in [-0.15, -0.1) is 15.3 Å². The summed E-state index contributed by atoms with van der Waals surface area (Å²) >= 11 is 0. The van der Waals surface area contributed by atoms with Crippen LogP contribution in [0.1, 0.15) is 17.5 Å². The Kier molecular flexibility index (Phi) is 4.06. The van der Waals surface area contributed by atoms with Gasteiger partial charge in [0, 0.05) is 12.1 Å². The van der Waals surface area contributed by atoms with Crippen molar-refractivity contribution >= 4 is 11.5 Å².